The molecule has 0 unspecified atom stereocenters. The predicted octanol–water partition coefficient (Wildman–Crippen LogP) is 4.19. The standard InChI is InChI=1S/C21H24BrNO4/c22-17-12-15(11-16-18(24)13-20(25)23-21(16)26)8-9-19(17)27-10-4-7-14-5-2-1-3-6-14/h8-9,11-12,14H,1-7,10,13H2,(H,23,25,26)/b16-11+. The van der Waals surface area contributed by atoms with Gasteiger partial charge in [-0.05, 0) is 58.5 Å². The minimum Gasteiger partial charge on any atom is -0.492 e. The van der Waals surface area contributed by atoms with Crippen LogP contribution in [-0.4, -0.2) is 24.2 Å². The summed E-state index contributed by atoms with van der Waals surface area (Å²) in [6.45, 7) is 0.679. The van der Waals surface area contributed by atoms with Gasteiger partial charge in [0.1, 0.15) is 5.75 Å². The number of rotatable bonds is 6. The molecule has 0 bridgehead atoms. The SMILES string of the molecule is O=C1CC(=O)/C(=C\c2ccc(OCCCC3CCCCC3)c(Br)c2)C(=O)N1. The fraction of sp³-hybridized carbons (Fsp3) is 0.476. The third-order valence-corrected chi connectivity index (χ3v) is 5.74. The zero-order chi connectivity index (χ0) is 19.2. The van der Waals surface area contributed by atoms with Crippen LogP contribution in [0.4, 0.5) is 0 Å². The topological polar surface area (TPSA) is 72.5 Å². The van der Waals surface area contributed by atoms with Crippen LogP contribution in [-0.2, 0) is 14.4 Å². The molecule has 3 rings (SSSR count). The van der Waals surface area contributed by atoms with Crippen molar-refractivity contribution in [2.75, 3.05) is 6.61 Å². The van der Waals surface area contributed by atoms with Gasteiger partial charge in [-0.25, -0.2) is 0 Å². The number of imide groups is 1. The summed E-state index contributed by atoms with van der Waals surface area (Å²) in [6, 6.07) is 5.43. The highest BCUT2D eigenvalue weighted by atomic mass is 79.9. The van der Waals surface area contributed by atoms with Crippen LogP contribution in [0.2, 0.25) is 0 Å². The monoisotopic (exact) mass is 433 g/mol. The number of hydrogen-bond donors (Lipinski definition) is 1. The molecule has 2 fully saturated rings. The molecule has 1 aliphatic carbocycles. The van der Waals surface area contributed by atoms with Gasteiger partial charge in [-0.3, -0.25) is 19.7 Å². The van der Waals surface area contributed by atoms with E-state index in [4.69, 9.17) is 4.74 Å². The molecule has 1 aliphatic heterocycles. The normalized spacial score (nSPS) is 20.0. The lowest BCUT2D eigenvalue weighted by atomic mass is 9.86. The van der Waals surface area contributed by atoms with E-state index in [0.29, 0.717) is 12.2 Å². The first-order valence-corrected chi connectivity index (χ1v) is 10.3. The Bertz CT molecular complexity index is 743. The van der Waals surface area contributed by atoms with Gasteiger partial charge in [-0.2, -0.15) is 0 Å². The van der Waals surface area contributed by atoms with E-state index >= 15 is 0 Å². The molecule has 1 heterocycles. The number of hydrogen-bond acceptors (Lipinski definition) is 4. The van der Waals surface area contributed by atoms with Crippen LogP contribution in [0.1, 0.15) is 56.9 Å². The Kier molecular flexibility index (Phi) is 6.83. The number of carbonyl (C=O) groups excluding carboxylic acids is 3. The van der Waals surface area contributed by atoms with Crippen molar-refractivity contribution in [2.45, 2.75) is 51.4 Å². The number of Topliss-reactive ketones (excluding diaryl/α,β-unsaturated/α-hetero) is 1. The third-order valence-electron chi connectivity index (χ3n) is 5.13. The van der Waals surface area contributed by atoms with Crippen molar-refractivity contribution in [3.05, 3.63) is 33.8 Å². The van der Waals surface area contributed by atoms with E-state index < -0.39 is 17.6 Å². The van der Waals surface area contributed by atoms with Gasteiger partial charge in [0.15, 0.2) is 5.78 Å². The van der Waals surface area contributed by atoms with Gasteiger partial charge < -0.3 is 4.74 Å². The van der Waals surface area contributed by atoms with E-state index in [1.807, 2.05) is 6.07 Å². The first kappa shape index (κ1) is 19.8. The minimum absolute atomic E-state index is 0.00245. The molecule has 6 heteroatoms. The molecule has 0 radical (unpaired) electrons. The maximum absolute atomic E-state index is 11.9. The van der Waals surface area contributed by atoms with Crippen molar-refractivity contribution in [2.24, 2.45) is 5.92 Å². The van der Waals surface area contributed by atoms with Crippen LogP contribution in [0.25, 0.3) is 6.08 Å². The average molecular weight is 434 g/mol. The molecule has 1 aromatic carbocycles. The summed E-state index contributed by atoms with van der Waals surface area (Å²) in [5, 5.41) is 2.16. The van der Waals surface area contributed by atoms with Crippen LogP contribution in [0.5, 0.6) is 5.75 Å². The van der Waals surface area contributed by atoms with Crippen molar-refractivity contribution in [3.63, 3.8) is 0 Å². The van der Waals surface area contributed by atoms with Crippen molar-refractivity contribution in [3.8, 4) is 5.75 Å². The largest absolute Gasteiger partial charge is 0.492 e. The summed E-state index contributed by atoms with van der Waals surface area (Å²) in [5.74, 6) is -0.0557. The lowest BCUT2D eigenvalue weighted by Crippen LogP contribution is -2.40. The average Bonchev–Trinajstić information content (AvgIpc) is 2.64. The highest BCUT2D eigenvalue weighted by molar-refractivity contribution is 9.10. The van der Waals surface area contributed by atoms with Crippen molar-refractivity contribution in [1.82, 2.24) is 5.32 Å². The first-order valence-electron chi connectivity index (χ1n) is 9.54. The molecular weight excluding hydrogens is 410 g/mol. The van der Waals surface area contributed by atoms with E-state index in [9.17, 15) is 14.4 Å². The van der Waals surface area contributed by atoms with Gasteiger partial charge >= 0.3 is 0 Å². The molecule has 2 aliphatic rings. The Morgan fingerprint density at radius 1 is 1.15 bits per heavy atom. The molecule has 1 saturated heterocycles. The van der Waals surface area contributed by atoms with Crippen LogP contribution >= 0.6 is 15.9 Å². The number of halogens is 1. The highest BCUT2D eigenvalue weighted by Crippen LogP contribution is 2.29. The van der Waals surface area contributed by atoms with Gasteiger partial charge in [0.2, 0.25) is 5.91 Å². The number of nitrogens with one attached hydrogen (secondary N) is 1. The number of ketones is 1. The summed E-state index contributed by atoms with van der Waals surface area (Å²) in [5.41, 5.74) is 0.701. The summed E-state index contributed by atoms with van der Waals surface area (Å²) < 4.78 is 6.64. The molecule has 1 saturated carbocycles. The predicted molar refractivity (Wildman–Crippen MR) is 106 cm³/mol. The Balaban J connectivity index is 1.55. The van der Waals surface area contributed by atoms with Gasteiger partial charge in [0, 0.05) is 0 Å². The highest BCUT2D eigenvalue weighted by Gasteiger charge is 2.28. The van der Waals surface area contributed by atoms with Crippen LogP contribution in [0.15, 0.2) is 28.2 Å². The van der Waals surface area contributed by atoms with E-state index in [0.717, 1.165) is 22.6 Å². The Morgan fingerprint density at radius 2 is 1.93 bits per heavy atom. The zero-order valence-electron chi connectivity index (χ0n) is 15.3. The number of carbonyl (C=O) groups is 3. The first-order chi connectivity index (χ1) is 13.0. The quantitative estimate of drug-likeness (QED) is 0.240. The summed E-state index contributed by atoms with van der Waals surface area (Å²) >= 11 is 3.49. The molecule has 2 amide bonds. The number of amides is 2. The Labute approximate surface area is 167 Å². The Hall–Kier alpha value is -1.95. The van der Waals surface area contributed by atoms with Crippen LogP contribution in [0.3, 0.4) is 0 Å². The third kappa shape index (κ3) is 5.51. The number of benzene rings is 1. The van der Waals surface area contributed by atoms with Gasteiger partial charge in [-0.15, -0.1) is 0 Å². The smallest absolute Gasteiger partial charge is 0.261 e. The fourth-order valence-corrected chi connectivity index (χ4v) is 4.18. The molecule has 0 spiro atoms. The second-order valence-corrected chi connectivity index (χ2v) is 8.07. The fourth-order valence-electron chi connectivity index (χ4n) is 3.67. The van der Waals surface area contributed by atoms with E-state index in [1.54, 1.807) is 12.1 Å². The summed E-state index contributed by atoms with van der Waals surface area (Å²) in [4.78, 5) is 34.9. The van der Waals surface area contributed by atoms with Crippen molar-refractivity contribution in [1.29, 1.82) is 0 Å². The number of piperidine rings is 1. The van der Waals surface area contributed by atoms with Gasteiger partial charge in [0.05, 0.1) is 23.1 Å². The second kappa shape index (κ2) is 9.31. The summed E-state index contributed by atoms with van der Waals surface area (Å²) in [6.07, 6.45) is 10.3. The molecule has 27 heavy (non-hydrogen) atoms. The molecule has 0 aromatic heterocycles. The van der Waals surface area contributed by atoms with Crippen LogP contribution in [0, 0.1) is 5.92 Å². The van der Waals surface area contributed by atoms with E-state index in [2.05, 4.69) is 21.2 Å². The Morgan fingerprint density at radius 3 is 2.63 bits per heavy atom. The van der Waals surface area contributed by atoms with Crippen molar-refractivity contribution >= 4 is 39.6 Å². The lowest BCUT2D eigenvalue weighted by molar-refractivity contribution is -0.134. The van der Waals surface area contributed by atoms with Gasteiger partial charge in [0.25, 0.3) is 5.91 Å². The molecule has 1 aromatic rings. The molecule has 144 valence electrons. The minimum atomic E-state index is -0.643. The summed E-state index contributed by atoms with van der Waals surface area (Å²) in [7, 11) is 0. The van der Waals surface area contributed by atoms with E-state index in [1.165, 1.54) is 44.6 Å². The number of ether oxygens (including phenoxy) is 1. The van der Waals surface area contributed by atoms with Crippen LogP contribution < -0.4 is 10.1 Å². The second-order valence-electron chi connectivity index (χ2n) is 7.22. The maximum atomic E-state index is 11.9. The zero-order valence-corrected chi connectivity index (χ0v) is 16.8. The lowest BCUT2D eigenvalue weighted by Gasteiger charge is -2.21. The molecule has 0 atom stereocenters. The molecular formula is C21H24BrNO4. The van der Waals surface area contributed by atoms with Crippen molar-refractivity contribution < 1.29 is 19.1 Å². The van der Waals surface area contributed by atoms with E-state index in [-0.39, 0.29) is 12.0 Å². The molecule has 1 N–H and O–H groups in total. The molecule has 5 nitrogen and oxygen atoms in total. The van der Waals surface area contributed by atoms with Gasteiger partial charge in [-0.1, -0.05) is 38.2 Å². The maximum Gasteiger partial charge on any atom is 0.261 e.